The molecule has 3 aromatic rings. The first-order chi connectivity index (χ1) is 16.1. The minimum Gasteiger partial charge on any atom is -0.493 e. The largest absolute Gasteiger partial charge is 0.493 e. The molecule has 0 saturated heterocycles. The van der Waals surface area contributed by atoms with Crippen molar-refractivity contribution in [3.05, 3.63) is 70.2 Å². The zero-order valence-electron chi connectivity index (χ0n) is 18.4. The molecule has 33 heavy (non-hydrogen) atoms. The Morgan fingerprint density at radius 2 is 1.97 bits per heavy atom. The van der Waals surface area contributed by atoms with Gasteiger partial charge in [0.15, 0.2) is 11.5 Å². The Kier molecular flexibility index (Phi) is 8.16. The molecule has 1 amide bonds. The number of nitrogens with zero attached hydrogens (tertiary/aromatic N) is 3. The molecule has 170 valence electrons. The summed E-state index contributed by atoms with van der Waals surface area (Å²) in [4.78, 5) is 30.2. The summed E-state index contributed by atoms with van der Waals surface area (Å²) in [5.41, 5.74) is -0.414. The fourth-order valence-electron chi connectivity index (χ4n) is 3.00. The van der Waals surface area contributed by atoms with Crippen LogP contribution in [0.2, 0.25) is 0 Å². The summed E-state index contributed by atoms with van der Waals surface area (Å²) >= 11 is 0. The zero-order chi connectivity index (χ0) is 23.6. The lowest BCUT2D eigenvalue weighted by molar-refractivity contribution is -0.117. The average molecular weight is 448 g/mol. The van der Waals surface area contributed by atoms with Gasteiger partial charge in [-0.05, 0) is 43.7 Å². The molecule has 0 unspecified atom stereocenters. The molecule has 9 nitrogen and oxygen atoms in total. The van der Waals surface area contributed by atoms with Gasteiger partial charge in [-0.25, -0.2) is 0 Å². The summed E-state index contributed by atoms with van der Waals surface area (Å²) in [6.45, 7) is 3.30. The van der Waals surface area contributed by atoms with Gasteiger partial charge in [-0.15, -0.1) is 0 Å². The summed E-state index contributed by atoms with van der Waals surface area (Å²) in [7, 11) is 1.50. The van der Waals surface area contributed by atoms with Gasteiger partial charge >= 0.3 is 0 Å². The van der Waals surface area contributed by atoms with Crippen molar-refractivity contribution in [2.45, 2.75) is 13.3 Å². The molecule has 9 heteroatoms. The highest BCUT2D eigenvalue weighted by Gasteiger charge is 2.18. The van der Waals surface area contributed by atoms with Crippen LogP contribution in [-0.4, -0.2) is 42.2 Å². The number of aromatic nitrogens is 2. The predicted octanol–water partition coefficient (Wildman–Crippen LogP) is 2.95. The average Bonchev–Trinajstić information content (AvgIpc) is 2.84. The molecule has 2 aromatic heterocycles. The van der Waals surface area contributed by atoms with E-state index in [2.05, 4.69) is 10.3 Å². The molecule has 0 atom stereocenters. The fourth-order valence-corrected chi connectivity index (χ4v) is 3.00. The number of pyridine rings is 1. The summed E-state index contributed by atoms with van der Waals surface area (Å²) in [6.07, 6.45) is 3.34. The van der Waals surface area contributed by atoms with Crippen molar-refractivity contribution in [3.8, 4) is 23.4 Å². The molecule has 0 bridgehead atoms. The van der Waals surface area contributed by atoms with Crippen molar-refractivity contribution >= 4 is 17.6 Å². The topological polar surface area (TPSA) is 115 Å². The van der Waals surface area contributed by atoms with E-state index in [4.69, 9.17) is 14.2 Å². The van der Waals surface area contributed by atoms with Crippen LogP contribution in [0, 0.1) is 11.3 Å². The van der Waals surface area contributed by atoms with Gasteiger partial charge in [-0.1, -0.05) is 18.2 Å². The maximum absolute atomic E-state index is 13.2. The standard InChI is InChI=1S/C24H24N4O5/c1-3-32-14-8-12-26-22(29)17(16-25)15-18-23(33-20-10-5-4-9-19(20)31-2)27-21-11-6-7-13-28(21)24(18)30/h4-7,9-11,13,15H,3,8,12,14H2,1-2H3,(H,26,29)/b17-15+. The summed E-state index contributed by atoms with van der Waals surface area (Å²) in [5, 5.41) is 12.2. The van der Waals surface area contributed by atoms with E-state index in [0.29, 0.717) is 43.3 Å². The van der Waals surface area contributed by atoms with Gasteiger partial charge in [0.25, 0.3) is 11.5 Å². The number of nitriles is 1. The molecule has 1 aromatic carbocycles. The molecule has 0 fully saturated rings. The number of hydrogen-bond acceptors (Lipinski definition) is 7. The number of benzene rings is 1. The predicted molar refractivity (Wildman–Crippen MR) is 122 cm³/mol. The van der Waals surface area contributed by atoms with Crippen molar-refractivity contribution in [1.82, 2.24) is 14.7 Å². The van der Waals surface area contributed by atoms with Crippen LogP contribution in [0.25, 0.3) is 11.7 Å². The molecule has 0 aliphatic carbocycles. The minimum absolute atomic E-state index is 0.0365. The summed E-state index contributed by atoms with van der Waals surface area (Å²) in [6, 6.07) is 13.8. The van der Waals surface area contributed by atoms with Gasteiger partial charge in [0.2, 0.25) is 5.88 Å². The third-order valence-corrected chi connectivity index (χ3v) is 4.62. The van der Waals surface area contributed by atoms with E-state index >= 15 is 0 Å². The van der Waals surface area contributed by atoms with Crippen molar-refractivity contribution in [2.75, 3.05) is 26.9 Å². The van der Waals surface area contributed by atoms with Crippen LogP contribution >= 0.6 is 0 Å². The lowest BCUT2D eigenvalue weighted by atomic mass is 10.1. The molecule has 2 heterocycles. The van der Waals surface area contributed by atoms with Gasteiger partial charge in [0.1, 0.15) is 22.9 Å². The number of nitrogens with one attached hydrogen (secondary N) is 1. The van der Waals surface area contributed by atoms with Crippen molar-refractivity contribution in [1.29, 1.82) is 5.26 Å². The van der Waals surface area contributed by atoms with Gasteiger partial charge < -0.3 is 19.5 Å². The lowest BCUT2D eigenvalue weighted by Crippen LogP contribution is -2.27. The number of amides is 1. The molecular formula is C24H24N4O5. The summed E-state index contributed by atoms with van der Waals surface area (Å²) < 4.78 is 17.8. The normalized spacial score (nSPS) is 11.1. The van der Waals surface area contributed by atoms with Crippen LogP contribution in [0.4, 0.5) is 0 Å². The fraction of sp³-hybridized carbons (Fsp3) is 0.250. The molecule has 0 spiro atoms. The first kappa shape index (κ1) is 23.5. The quantitative estimate of drug-likeness (QED) is 0.288. The Morgan fingerprint density at radius 3 is 2.70 bits per heavy atom. The van der Waals surface area contributed by atoms with E-state index in [-0.39, 0.29) is 17.0 Å². The van der Waals surface area contributed by atoms with Crippen LogP contribution in [0.15, 0.2) is 59.0 Å². The van der Waals surface area contributed by atoms with E-state index in [1.165, 1.54) is 17.6 Å². The first-order valence-corrected chi connectivity index (χ1v) is 10.4. The SMILES string of the molecule is CCOCCCNC(=O)/C(C#N)=C/c1c(Oc2ccccc2OC)nc2ccccn2c1=O. The molecule has 0 saturated carbocycles. The van der Waals surface area contributed by atoms with Crippen molar-refractivity contribution < 1.29 is 19.0 Å². The zero-order valence-corrected chi connectivity index (χ0v) is 18.4. The Balaban J connectivity index is 2.01. The number of ether oxygens (including phenoxy) is 3. The highest BCUT2D eigenvalue weighted by Crippen LogP contribution is 2.31. The highest BCUT2D eigenvalue weighted by atomic mass is 16.5. The monoisotopic (exact) mass is 448 g/mol. The first-order valence-electron chi connectivity index (χ1n) is 10.4. The van der Waals surface area contributed by atoms with Gasteiger partial charge in [0, 0.05) is 26.0 Å². The third-order valence-electron chi connectivity index (χ3n) is 4.62. The van der Waals surface area contributed by atoms with Crippen LogP contribution in [0.5, 0.6) is 17.4 Å². The van der Waals surface area contributed by atoms with E-state index in [0.717, 1.165) is 0 Å². The van der Waals surface area contributed by atoms with Crippen molar-refractivity contribution in [2.24, 2.45) is 0 Å². The maximum atomic E-state index is 13.2. The maximum Gasteiger partial charge on any atom is 0.269 e. The number of para-hydroxylation sites is 2. The highest BCUT2D eigenvalue weighted by molar-refractivity contribution is 6.01. The van der Waals surface area contributed by atoms with Gasteiger partial charge in [-0.2, -0.15) is 10.2 Å². The van der Waals surface area contributed by atoms with Crippen LogP contribution in [-0.2, 0) is 9.53 Å². The Bertz CT molecular complexity index is 1260. The molecule has 0 radical (unpaired) electrons. The molecule has 0 aliphatic heterocycles. The molecule has 3 rings (SSSR count). The Labute approximate surface area is 190 Å². The van der Waals surface area contributed by atoms with E-state index in [9.17, 15) is 14.9 Å². The second-order valence-electron chi connectivity index (χ2n) is 6.79. The van der Waals surface area contributed by atoms with Crippen LogP contribution < -0.4 is 20.3 Å². The minimum atomic E-state index is -0.602. The van der Waals surface area contributed by atoms with Crippen LogP contribution in [0.1, 0.15) is 18.9 Å². The van der Waals surface area contributed by atoms with Gasteiger partial charge in [-0.3, -0.25) is 14.0 Å². The summed E-state index contributed by atoms with van der Waals surface area (Å²) in [5.74, 6) is 0.123. The van der Waals surface area contributed by atoms with Gasteiger partial charge in [0.05, 0.1) is 7.11 Å². The Morgan fingerprint density at radius 1 is 1.21 bits per heavy atom. The Hall–Kier alpha value is -4.16. The van der Waals surface area contributed by atoms with E-state index in [1.807, 2.05) is 13.0 Å². The van der Waals surface area contributed by atoms with E-state index < -0.39 is 11.5 Å². The smallest absolute Gasteiger partial charge is 0.269 e. The number of carbonyl (C=O) groups excluding carboxylic acids is 1. The second kappa shape index (κ2) is 11.5. The van der Waals surface area contributed by atoms with Crippen molar-refractivity contribution in [3.63, 3.8) is 0 Å². The number of methoxy groups -OCH3 is 1. The third kappa shape index (κ3) is 5.75. The number of fused-ring (bicyclic) bond motifs is 1. The molecule has 1 N–H and O–H groups in total. The number of rotatable bonds is 10. The van der Waals surface area contributed by atoms with E-state index in [1.54, 1.807) is 48.7 Å². The number of carbonyl (C=O) groups is 1. The molecular weight excluding hydrogens is 424 g/mol. The van der Waals surface area contributed by atoms with Crippen LogP contribution in [0.3, 0.4) is 0 Å². The molecule has 0 aliphatic rings. The number of hydrogen-bond donors (Lipinski definition) is 1. The lowest BCUT2D eigenvalue weighted by Gasteiger charge is -2.12. The second-order valence-corrected chi connectivity index (χ2v) is 6.79.